The normalized spacial score (nSPS) is 22.8. The average molecular weight is 439 g/mol. The van der Waals surface area contributed by atoms with Gasteiger partial charge < -0.3 is 19.6 Å². The van der Waals surface area contributed by atoms with E-state index in [1.807, 2.05) is 0 Å². The summed E-state index contributed by atoms with van der Waals surface area (Å²) in [5, 5.41) is 7.88. The lowest BCUT2D eigenvalue weighted by atomic mass is 9.81. The fourth-order valence-electron chi connectivity index (χ4n) is 4.84. The summed E-state index contributed by atoms with van der Waals surface area (Å²) in [7, 11) is 2.12. The van der Waals surface area contributed by atoms with Crippen LogP contribution < -0.4 is 5.32 Å². The number of likely N-dealkylation sites (N-methyl/N-ethyl adjacent to an activating group) is 1. The molecule has 0 radical (unpaired) electrons. The van der Waals surface area contributed by atoms with Gasteiger partial charge in [-0.3, -0.25) is 4.79 Å². The molecule has 2 aliphatic heterocycles. The highest BCUT2D eigenvalue weighted by molar-refractivity contribution is 5.76. The Kier molecular flexibility index (Phi) is 7.01. The first-order valence-electron chi connectivity index (χ1n) is 12.0. The molecular weight excluding hydrogens is 400 g/mol. The number of amides is 1. The molecule has 2 saturated heterocycles. The Morgan fingerprint density at radius 1 is 1.12 bits per heavy atom. The lowest BCUT2D eigenvalue weighted by molar-refractivity contribution is -0.134. The van der Waals surface area contributed by atoms with Crippen LogP contribution in [0.15, 0.2) is 34.9 Å². The molecule has 1 N–H and O–H groups in total. The summed E-state index contributed by atoms with van der Waals surface area (Å²) in [6, 6.07) is 10.6. The number of aromatic nitrogens is 1. The van der Waals surface area contributed by atoms with Crippen LogP contribution in [0.1, 0.15) is 44.9 Å². The highest BCUT2D eigenvalue weighted by Gasteiger charge is 2.30. The topological polar surface area (TPSA) is 61.6 Å². The van der Waals surface area contributed by atoms with Crippen LogP contribution in [-0.2, 0) is 16.6 Å². The van der Waals surface area contributed by atoms with E-state index in [4.69, 9.17) is 4.52 Å². The molecule has 1 aromatic heterocycles. The Labute approximate surface area is 192 Å². The van der Waals surface area contributed by atoms with Gasteiger partial charge in [0.15, 0.2) is 5.76 Å². The first kappa shape index (κ1) is 23.0. The van der Waals surface area contributed by atoms with Crippen LogP contribution in [0.2, 0.25) is 0 Å². The third-order valence-electron chi connectivity index (χ3n) is 7.12. The summed E-state index contributed by atoms with van der Waals surface area (Å²) >= 11 is 0. The molecule has 32 heavy (non-hydrogen) atoms. The third kappa shape index (κ3) is 5.59. The molecule has 3 heterocycles. The van der Waals surface area contributed by atoms with Crippen molar-refractivity contribution in [1.29, 1.82) is 0 Å². The van der Waals surface area contributed by atoms with Gasteiger partial charge in [-0.25, -0.2) is 0 Å². The summed E-state index contributed by atoms with van der Waals surface area (Å²) in [6.45, 7) is 12.2. The SMILES string of the molecule is CN1CCN(C(=O)C[C@@H]2CCNC[C@H]2Cc2cc(-c3ccc(C(C)(C)C)cc3)on2)CC1. The quantitative estimate of drug-likeness (QED) is 0.773. The van der Waals surface area contributed by atoms with Gasteiger partial charge in [-0.2, -0.15) is 0 Å². The fraction of sp³-hybridized carbons (Fsp3) is 0.615. The Morgan fingerprint density at radius 2 is 1.84 bits per heavy atom. The first-order valence-corrected chi connectivity index (χ1v) is 12.0. The summed E-state index contributed by atoms with van der Waals surface area (Å²) < 4.78 is 5.69. The number of nitrogens with one attached hydrogen (secondary N) is 1. The van der Waals surface area contributed by atoms with E-state index in [9.17, 15) is 4.79 Å². The van der Waals surface area contributed by atoms with Crippen molar-refractivity contribution in [3.8, 4) is 11.3 Å². The summed E-state index contributed by atoms with van der Waals surface area (Å²) in [6.07, 6.45) is 2.54. The minimum absolute atomic E-state index is 0.135. The predicted octanol–water partition coefficient (Wildman–Crippen LogP) is 3.57. The van der Waals surface area contributed by atoms with Crippen molar-refractivity contribution in [1.82, 2.24) is 20.3 Å². The van der Waals surface area contributed by atoms with Crippen LogP contribution in [0.25, 0.3) is 11.3 Å². The molecule has 0 unspecified atom stereocenters. The first-order chi connectivity index (χ1) is 15.3. The number of carbonyl (C=O) groups excluding carboxylic acids is 1. The van der Waals surface area contributed by atoms with Gasteiger partial charge in [-0.15, -0.1) is 0 Å². The van der Waals surface area contributed by atoms with Gasteiger partial charge in [0.05, 0.1) is 5.69 Å². The highest BCUT2D eigenvalue weighted by atomic mass is 16.5. The van der Waals surface area contributed by atoms with E-state index in [1.54, 1.807) is 0 Å². The highest BCUT2D eigenvalue weighted by Crippen LogP contribution is 2.30. The smallest absolute Gasteiger partial charge is 0.222 e. The van der Waals surface area contributed by atoms with Gasteiger partial charge in [0.2, 0.25) is 5.91 Å². The van der Waals surface area contributed by atoms with E-state index in [0.29, 0.717) is 24.2 Å². The summed E-state index contributed by atoms with van der Waals surface area (Å²) in [5.74, 6) is 1.93. The molecule has 1 aromatic carbocycles. The van der Waals surface area contributed by atoms with Crippen molar-refractivity contribution in [2.45, 2.75) is 45.4 Å². The summed E-state index contributed by atoms with van der Waals surface area (Å²) in [5.41, 5.74) is 3.48. The number of nitrogens with zero attached hydrogens (tertiary/aromatic N) is 3. The van der Waals surface area contributed by atoms with Crippen LogP contribution in [0.4, 0.5) is 0 Å². The van der Waals surface area contributed by atoms with Crippen molar-refractivity contribution < 1.29 is 9.32 Å². The molecule has 0 spiro atoms. The molecule has 0 aliphatic carbocycles. The van der Waals surface area contributed by atoms with Crippen molar-refractivity contribution in [2.75, 3.05) is 46.3 Å². The fourth-order valence-corrected chi connectivity index (χ4v) is 4.84. The third-order valence-corrected chi connectivity index (χ3v) is 7.12. The van der Waals surface area contributed by atoms with Gasteiger partial charge in [0.1, 0.15) is 0 Å². The number of hydrogen-bond donors (Lipinski definition) is 1. The Bertz CT molecular complexity index is 891. The Hall–Kier alpha value is -2.18. The second-order valence-corrected chi connectivity index (χ2v) is 10.6. The van der Waals surface area contributed by atoms with Crippen molar-refractivity contribution in [3.63, 3.8) is 0 Å². The zero-order valence-corrected chi connectivity index (χ0v) is 20.1. The maximum absolute atomic E-state index is 12.9. The molecule has 0 bridgehead atoms. The molecule has 174 valence electrons. The number of piperazine rings is 1. The van der Waals surface area contributed by atoms with E-state index >= 15 is 0 Å². The maximum atomic E-state index is 12.9. The van der Waals surface area contributed by atoms with E-state index in [1.165, 1.54) is 5.56 Å². The standard InChI is InChI=1S/C26H38N4O2/c1-26(2,3)22-7-5-19(6-8-22)24-17-23(28-32-24)15-21-18-27-10-9-20(21)16-25(31)30-13-11-29(4)12-14-30/h5-8,17,20-21,27H,9-16,18H2,1-4H3/t20-,21+/m0/s1. The van der Waals surface area contributed by atoms with Crippen LogP contribution in [0.3, 0.4) is 0 Å². The molecule has 2 aliphatic rings. The van der Waals surface area contributed by atoms with E-state index in [0.717, 1.165) is 69.1 Å². The van der Waals surface area contributed by atoms with E-state index < -0.39 is 0 Å². The molecule has 0 saturated carbocycles. The molecule has 4 rings (SSSR count). The zero-order valence-electron chi connectivity index (χ0n) is 20.1. The lowest BCUT2D eigenvalue weighted by Gasteiger charge is -2.36. The minimum Gasteiger partial charge on any atom is -0.356 e. The van der Waals surface area contributed by atoms with Crippen LogP contribution in [-0.4, -0.2) is 67.2 Å². The molecule has 6 nitrogen and oxygen atoms in total. The number of piperidine rings is 1. The number of hydrogen-bond acceptors (Lipinski definition) is 5. The number of benzene rings is 1. The monoisotopic (exact) mass is 438 g/mol. The van der Waals surface area contributed by atoms with Crippen LogP contribution in [0, 0.1) is 11.8 Å². The Morgan fingerprint density at radius 3 is 2.53 bits per heavy atom. The maximum Gasteiger partial charge on any atom is 0.222 e. The van der Waals surface area contributed by atoms with Gasteiger partial charge in [-0.05, 0) is 55.8 Å². The molecule has 2 atom stereocenters. The van der Waals surface area contributed by atoms with Crippen LogP contribution in [0.5, 0.6) is 0 Å². The van der Waals surface area contributed by atoms with Gasteiger partial charge >= 0.3 is 0 Å². The summed E-state index contributed by atoms with van der Waals surface area (Å²) in [4.78, 5) is 17.2. The minimum atomic E-state index is 0.135. The average Bonchev–Trinajstić information content (AvgIpc) is 3.23. The second-order valence-electron chi connectivity index (χ2n) is 10.6. The Balaban J connectivity index is 1.38. The van der Waals surface area contributed by atoms with E-state index in [-0.39, 0.29) is 5.41 Å². The van der Waals surface area contributed by atoms with Gasteiger partial charge in [0, 0.05) is 44.2 Å². The molecular formula is C26H38N4O2. The molecule has 6 heteroatoms. The number of carbonyl (C=O) groups is 1. The second kappa shape index (κ2) is 9.75. The van der Waals surface area contributed by atoms with Crippen molar-refractivity contribution >= 4 is 5.91 Å². The largest absolute Gasteiger partial charge is 0.356 e. The molecule has 2 fully saturated rings. The zero-order chi connectivity index (χ0) is 22.7. The van der Waals surface area contributed by atoms with Crippen molar-refractivity contribution in [2.24, 2.45) is 11.8 Å². The molecule has 2 aromatic rings. The van der Waals surface area contributed by atoms with Crippen LogP contribution >= 0.6 is 0 Å². The lowest BCUT2D eigenvalue weighted by Crippen LogP contribution is -2.48. The van der Waals surface area contributed by atoms with Crippen molar-refractivity contribution in [3.05, 3.63) is 41.6 Å². The molecule has 1 amide bonds. The number of rotatable bonds is 5. The van der Waals surface area contributed by atoms with E-state index in [2.05, 4.69) is 78.4 Å². The van der Waals surface area contributed by atoms with Gasteiger partial charge in [0.25, 0.3) is 0 Å². The predicted molar refractivity (Wildman–Crippen MR) is 128 cm³/mol. The van der Waals surface area contributed by atoms with Gasteiger partial charge in [-0.1, -0.05) is 50.2 Å².